The lowest BCUT2D eigenvalue weighted by molar-refractivity contribution is -0.870. The number of hydrogen-bond donors (Lipinski definition) is 2. The number of phosphoric acid groups is 1. The van der Waals surface area contributed by atoms with Crippen LogP contribution >= 0.6 is 7.82 Å². The minimum Gasteiger partial charge on any atom is -0.756 e. The molecular weight excluding hydrogens is 888 g/mol. The van der Waals surface area contributed by atoms with Gasteiger partial charge >= 0.3 is 0 Å². The summed E-state index contributed by atoms with van der Waals surface area (Å²) in [6, 6.07) is -0.919. The van der Waals surface area contributed by atoms with Gasteiger partial charge in [0.2, 0.25) is 5.91 Å². The second-order valence-electron chi connectivity index (χ2n) is 18.5. The third-order valence-electron chi connectivity index (χ3n) is 10.7. The molecule has 8 nitrogen and oxygen atoms in total. The van der Waals surface area contributed by atoms with Gasteiger partial charge in [-0.2, -0.15) is 0 Å². The predicted molar refractivity (Wildman–Crippen MR) is 301 cm³/mol. The first-order chi connectivity index (χ1) is 34.0. The van der Waals surface area contributed by atoms with E-state index in [1.165, 1.54) is 32.1 Å². The maximum atomic E-state index is 12.8. The average molecular weight is 987 g/mol. The standard InChI is InChI=1S/C61H99N2O6P/c1-6-8-10-12-14-16-17-18-19-20-21-22-23-24-25-26-27-28-29-30-31-32-33-34-35-36-37-38-39-40-41-42-43-44-45-47-49-51-53-55-61(65)62-59(58-69-70(66,67)68-57-56-63(3,4)5)60(64)54-52-50-48-46-15-13-11-9-7-2/h8,10,14,16,18-19,21-22,24-25,27-28,30-31,33-34,36-37,39-40,42-43,45,47,52,54,59-60,64H,6-7,9,11-13,15,17,20,23,26,29,32,35,38,41,44,46,48-51,53,55-58H2,1-5H3,(H-,62,65,66,67)/b10-8-,16-14-,19-18-,22-21-,25-24-,28-27-,31-30-,34-33-,37-36-,40-39-,43-42-,47-45-,54-52+. The number of unbranched alkanes of at least 4 members (excludes halogenated alkanes) is 9. The number of hydrogen-bond acceptors (Lipinski definition) is 6. The highest BCUT2D eigenvalue weighted by Crippen LogP contribution is 2.38. The molecule has 0 aromatic heterocycles. The molecule has 9 heteroatoms. The van der Waals surface area contributed by atoms with Crippen molar-refractivity contribution in [2.45, 2.75) is 180 Å². The van der Waals surface area contributed by atoms with Crippen LogP contribution in [-0.4, -0.2) is 68.5 Å². The van der Waals surface area contributed by atoms with Gasteiger partial charge in [0, 0.05) is 6.42 Å². The number of aliphatic hydroxyl groups is 1. The Labute approximate surface area is 429 Å². The van der Waals surface area contributed by atoms with Crippen molar-refractivity contribution in [2.75, 3.05) is 40.9 Å². The second-order valence-corrected chi connectivity index (χ2v) is 19.9. The fourth-order valence-corrected chi connectivity index (χ4v) is 7.27. The zero-order valence-corrected chi connectivity index (χ0v) is 45.5. The fourth-order valence-electron chi connectivity index (χ4n) is 6.54. The van der Waals surface area contributed by atoms with E-state index in [0.717, 1.165) is 109 Å². The van der Waals surface area contributed by atoms with Gasteiger partial charge < -0.3 is 28.8 Å². The van der Waals surface area contributed by atoms with Crippen molar-refractivity contribution in [3.63, 3.8) is 0 Å². The number of nitrogens with zero attached hydrogens (tertiary/aromatic N) is 1. The number of carbonyl (C=O) groups is 1. The molecule has 0 aliphatic carbocycles. The molecule has 0 saturated carbocycles. The predicted octanol–water partition coefficient (Wildman–Crippen LogP) is 15.7. The highest BCUT2D eigenvalue weighted by molar-refractivity contribution is 7.45. The molecule has 0 heterocycles. The van der Waals surface area contributed by atoms with Gasteiger partial charge in [-0.15, -0.1) is 0 Å². The summed E-state index contributed by atoms with van der Waals surface area (Å²) < 4.78 is 23.1. The number of quaternary nitrogens is 1. The smallest absolute Gasteiger partial charge is 0.268 e. The Kier molecular flexibility index (Phi) is 47.3. The number of nitrogens with one attached hydrogen (secondary N) is 1. The van der Waals surface area contributed by atoms with Crippen molar-refractivity contribution in [3.8, 4) is 0 Å². The van der Waals surface area contributed by atoms with Gasteiger partial charge in [-0.05, 0) is 109 Å². The zero-order chi connectivity index (χ0) is 51.3. The molecule has 70 heavy (non-hydrogen) atoms. The minimum atomic E-state index is -4.61. The van der Waals surface area contributed by atoms with Crippen LogP contribution in [-0.2, 0) is 18.4 Å². The van der Waals surface area contributed by atoms with Gasteiger partial charge in [-0.3, -0.25) is 9.36 Å². The molecule has 0 aromatic carbocycles. The van der Waals surface area contributed by atoms with Crippen LogP contribution in [0.25, 0.3) is 0 Å². The molecule has 0 spiro atoms. The Morgan fingerprint density at radius 3 is 1.27 bits per heavy atom. The van der Waals surface area contributed by atoms with Crippen LogP contribution in [0.3, 0.4) is 0 Å². The third-order valence-corrected chi connectivity index (χ3v) is 11.7. The van der Waals surface area contributed by atoms with E-state index in [1.807, 2.05) is 27.2 Å². The van der Waals surface area contributed by atoms with Crippen molar-refractivity contribution in [1.29, 1.82) is 0 Å². The van der Waals surface area contributed by atoms with E-state index >= 15 is 0 Å². The van der Waals surface area contributed by atoms with E-state index in [2.05, 4.69) is 165 Å². The van der Waals surface area contributed by atoms with Crippen LogP contribution in [0, 0.1) is 0 Å². The molecule has 2 N–H and O–H groups in total. The maximum absolute atomic E-state index is 12.8. The van der Waals surface area contributed by atoms with E-state index < -0.39 is 26.6 Å². The Morgan fingerprint density at radius 2 is 0.871 bits per heavy atom. The molecule has 0 aliphatic rings. The Balaban J connectivity index is 4.21. The van der Waals surface area contributed by atoms with Crippen LogP contribution < -0.4 is 10.2 Å². The number of aliphatic hydroxyl groups excluding tert-OH is 1. The first kappa shape index (κ1) is 66.1. The van der Waals surface area contributed by atoms with E-state index in [9.17, 15) is 19.4 Å². The van der Waals surface area contributed by atoms with Gasteiger partial charge in [-0.25, -0.2) is 0 Å². The number of phosphoric ester groups is 1. The van der Waals surface area contributed by atoms with Crippen molar-refractivity contribution in [2.24, 2.45) is 0 Å². The van der Waals surface area contributed by atoms with E-state index in [-0.39, 0.29) is 18.9 Å². The first-order valence-corrected chi connectivity index (χ1v) is 28.3. The van der Waals surface area contributed by atoms with Crippen LogP contribution in [0.2, 0.25) is 0 Å². The monoisotopic (exact) mass is 987 g/mol. The molecule has 0 aliphatic heterocycles. The summed E-state index contributed by atoms with van der Waals surface area (Å²) >= 11 is 0. The summed E-state index contributed by atoms with van der Waals surface area (Å²) in [5.41, 5.74) is 0. The number of allylic oxidation sites excluding steroid dienone is 25. The average Bonchev–Trinajstić information content (AvgIpc) is 3.32. The molecule has 0 bridgehead atoms. The molecule has 3 unspecified atom stereocenters. The van der Waals surface area contributed by atoms with Gasteiger partial charge in [0.05, 0.1) is 39.9 Å². The zero-order valence-electron chi connectivity index (χ0n) is 44.6. The summed E-state index contributed by atoms with van der Waals surface area (Å²) in [5.74, 6) is -0.251. The Hall–Kier alpha value is -3.88. The topological polar surface area (TPSA) is 108 Å². The highest BCUT2D eigenvalue weighted by atomic mass is 31.2. The summed E-state index contributed by atoms with van der Waals surface area (Å²) in [4.78, 5) is 25.3. The van der Waals surface area contributed by atoms with Crippen LogP contribution in [0.15, 0.2) is 158 Å². The molecule has 0 aromatic rings. The third kappa shape index (κ3) is 52.0. The van der Waals surface area contributed by atoms with Crippen molar-refractivity contribution in [1.82, 2.24) is 5.32 Å². The van der Waals surface area contributed by atoms with Gasteiger partial charge in [0.25, 0.3) is 7.82 Å². The Bertz CT molecular complexity index is 1690. The molecule has 394 valence electrons. The molecule has 0 fully saturated rings. The molecular formula is C61H99N2O6P. The molecule has 0 rings (SSSR count). The summed E-state index contributed by atoms with van der Waals surface area (Å²) in [5, 5.41) is 13.7. The minimum absolute atomic E-state index is 0.0188. The van der Waals surface area contributed by atoms with Crippen LogP contribution in [0.4, 0.5) is 0 Å². The van der Waals surface area contributed by atoms with E-state index in [4.69, 9.17) is 9.05 Å². The number of rotatable bonds is 46. The number of amides is 1. The van der Waals surface area contributed by atoms with Crippen LogP contribution in [0.1, 0.15) is 168 Å². The molecule has 3 atom stereocenters. The van der Waals surface area contributed by atoms with E-state index in [0.29, 0.717) is 17.4 Å². The lowest BCUT2D eigenvalue weighted by atomic mass is 10.1. The van der Waals surface area contributed by atoms with Crippen molar-refractivity contribution >= 4 is 13.7 Å². The van der Waals surface area contributed by atoms with Crippen molar-refractivity contribution in [3.05, 3.63) is 158 Å². The normalized spacial score (nSPS) is 15.2. The summed E-state index contributed by atoms with van der Waals surface area (Å²) in [6.45, 7) is 4.42. The van der Waals surface area contributed by atoms with Crippen molar-refractivity contribution < 1.29 is 32.9 Å². The largest absolute Gasteiger partial charge is 0.756 e. The second kappa shape index (κ2) is 50.1. The molecule has 1 amide bonds. The molecule has 0 radical (unpaired) electrons. The summed E-state index contributed by atoms with van der Waals surface area (Å²) in [6.07, 6.45) is 79.1. The lowest BCUT2D eigenvalue weighted by Gasteiger charge is -2.29. The summed E-state index contributed by atoms with van der Waals surface area (Å²) in [7, 11) is 1.20. The van der Waals surface area contributed by atoms with Gasteiger partial charge in [-0.1, -0.05) is 210 Å². The highest BCUT2D eigenvalue weighted by Gasteiger charge is 2.23. The molecule has 0 saturated heterocycles. The van der Waals surface area contributed by atoms with E-state index in [1.54, 1.807) is 6.08 Å². The number of likely N-dealkylation sites (N-methyl/N-ethyl adjacent to an activating group) is 1. The van der Waals surface area contributed by atoms with Crippen LogP contribution in [0.5, 0.6) is 0 Å². The number of carbonyl (C=O) groups excluding carboxylic acids is 1. The maximum Gasteiger partial charge on any atom is 0.268 e. The quantitative estimate of drug-likeness (QED) is 0.0272. The Morgan fingerprint density at radius 1 is 0.514 bits per heavy atom. The lowest BCUT2D eigenvalue weighted by Crippen LogP contribution is -2.45. The van der Waals surface area contributed by atoms with Gasteiger partial charge in [0.1, 0.15) is 13.2 Å². The van der Waals surface area contributed by atoms with Gasteiger partial charge in [0.15, 0.2) is 0 Å². The SMILES string of the molecule is CC/C=C\C/C=C\C/C=C\C/C=C\C/C=C\C/C=C\C/C=C\C/C=C\C/C=C\C/C=C\C/C=C\C/C=C\CCCCC(=O)NC(COP(=O)([O-])OCC[N+](C)(C)C)C(O)/C=C/CCCCCCCCC. The fraction of sp³-hybridized carbons (Fsp3) is 0.557. The first-order valence-electron chi connectivity index (χ1n) is 26.8.